The summed E-state index contributed by atoms with van der Waals surface area (Å²) in [6.07, 6.45) is 0.852. The van der Waals surface area contributed by atoms with E-state index in [1.54, 1.807) is 30.3 Å². The van der Waals surface area contributed by atoms with Gasteiger partial charge in [0.2, 0.25) is 10.0 Å². The minimum absolute atomic E-state index is 0.265. The highest BCUT2D eigenvalue weighted by atomic mass is 32.2. The fourth-order valence-corrected chi connectivity index (χ4v) is 2.95. The molecule has 0 aliphatic rings. The Bertz CT molecular complexity index is 576. The van der Waals surface area contributed by atoms with Crippen LogP contribution in [-0.4, -0.2) is 53.8 Å². The number of rotatable bonds is 11. The third kappa shape index (κ3) is 8.28. The van der Waals surface area contributed by atoms with E-state index in [9.17, 15) is 8.42 Å². The summed E-state index contributed by atoms with van der Waals surface area (Å²) in [5, 5.41) is 6.23. The minimum atomic E-state index is -3.46. The van der Waals surface area contributed by atoms with Crippen molar-refractivity contribution in [3.05, 3.63) is 30.3 Å². The highest BCUT2D eigenvalue weighted by Gasteiger charge is 2.11. The zero-order chi connectivity index (χ0) is 17.7. The van der Waals surface area contributed by atoms with E-state index in [0.29, 0.717) is 32.3 Å². The minimum Gasteiger partial charge on any atom is -0.382 e. The molecule has 136 valence electrons. The van der Waals surface area contributed by atoms with Crippen molar-refractivity contribution in [2.75, 3.05) is 39.4 Å². The monoisotopic (exact) mass is 356 g/mol. The van der Waals surface area contributed by atoms with Crippen LogP contribution >= 0.6 is 0 Å². The van der Waals surface area contributed by atoms with Crippen LogP contribution < -0.4 is 15.4 Å². The van der Waals surface area contributed by atoms with Crippen molar-refractivity contribution in [3.63, 3.8) is 0 Å². The maximum atomic E-state index is 12.1. The Morgan fingerprint density at radius 3 is 2.54 bits per heavy atom. The fraction of sp³-hybridized carbons (Fsp3) is 0.562. The summed E-state index contributed by atoms with van der Waals surface area (Å²) in [6, 6.07) is 8.32. The van der Waals surface area contributed by atoms with E-state index in [1.807, 2.05) is 13.8 Å². The molecule has 0 fully saturated rings. The van der Waals surface area contributed by atoms with E-state index in [1.165, 1.54) is 0 Å². The first kappa shape index (κ1) is 20.4. The van der Waals surface area contributed by atoms with Crippen LogP contribution in [0, 0.1) is 0 Å². The maximum Gasteiger partial charge on any atom is 0.240 e. The van der Waals surface area contributed by atoms with Gasteiger partial charge in [-0.3, -0.25) is 4.99 Å². The molecule has 0 unspecified atom stereocenters. The molecule has 1 aromatic carbocycles. The van der Waals surface area contributed by atoms with Crippen LogP contribution in [0.25, 0.3) is 0 Å². The largest absolute Gasteiger partial charge is 0.382 e. The second-order valence-corrected chi connectivity index (χ2v) is 6.72. The third-order valence-electron chi connectivity index (χ3n) is 3.03. The van der Waals surface area contributed by atoms with Gasteiger partial charge in [0.15, 0.2) is 5.96 Å². The van der Waals surface area contributed by atoms with Crippen LogP contribution in [0.1, 0.15) is 20.3 Å². The molecule has 0 heterocycles. The van der Waals surface area contributed by atoms with E-state index in [2.05, 4.69) is 20.3 Å². The van der Waals surface area contributed by atoms with Crippen molar-refractivity contribution >= 4 is 16.0 Å². The lowest BCUT2D eigenvalue weighted by atomic mass is 10.4. The Hall–Kier alpha value is -1.64. The number of nitrogens with zero attached hydrogens (tertiary/aromatic N) is 1. The van der Waals surface area contributed by atoms with Crippen LogP contribution in [0.5, 0.6) is 0 Å². The van der Waals surface area contributed by atoms with Gasteiger partial charge in [-0.15, -0.1) is 0 Å². The van der Waals surface area contributed by atoms with Crippen molar-refractivity contribution in [2.45, 2.75) is 25.2 Å². The molecule has 0 saturated heterocycles. The molecule has 7 nitrogen and oxygen atoms in total. The molecule has 0 aromatic heterocycles. The standard InChI is InChI=1S/C16H28N4O3S/c1-3-17-16(18-11-8-14-23-4-2)19-12-13-20-24(21,22)15-9-6-5-7-10-15/h5-7,9-10,20H,3-4,8,11-14H2,1-2H3,(H2,17,18,19). The topological polar surface area (TPSA) is 91.8 Å². The number of hydrogen-bond donors (Lipinski definition) is 3. The van der Waals surface area contributed by atoms with E-state index >= 15 is 0 Å². The van der Waals surface area contributed by atoms with Crippen molar-refractivity contribution in [3.8, 4) is 0 Å². The lowest BCUT2D eigenvalue weighted by molar-refractivity contribution is 0.146. The summed E-state index contributed by atoms with van der Waals surface area (Å²) < 4.78 is 32.0. The van der Waals surface area contributed by atoms with Crippen molar-refractivity contribution in [2.24, 2.45) is 4.99 Å². The van der Waals surface area contributed by atoms with Gasteiger partial charge in [0.05, 0.1) is 4.90 Å². The number of nitrogens with one attached hydrogen (secondary N) is 3. The van der Waals surface area contributed by atoms with Gasteiger partial charge < -0.3 is 15.4 Å². The molecule has 0 bridgehead atoms. The molecule has 8 heteroatoms. The lowest BCUT2D eigenvalue weighted by Crippen LogP contribution is -2.41. The van der Waals surface area contributed by atoms with Gasteiger partial charge in [0.1, 0.15) is 0 Å². The van der Waals surface area contributed by atoms with Crippen LogP contribution in [0.2, 0.25) is 0 Å². The Kier molecular flexibility index (Phi) is 10.1. The second-order valence-electron chi connectivity index (χ2n) is 4.95. The molecule has 3 N–H and O–H groups in total. The number of ether oxygens (including phenoxy) is 1. The first-order valence-electron chi connectivity index (χ1n) is 8.24. The van der Waals surface area contributed by atoms with Gasteiger partial charge in [-0.05, 0) is 32.4 Å². The van der Waals surface area contributed by atoms with Crippen LogP contribution in [0.15, 0.2) is 40.2 Å². The summed E-state index contributed by atoms with van der Waals surface area (Å²) in [5.41, 5.74) is 0. The van der Waals surface area contributed by atoms with Crippen LogP contribution in [0.3, 0.4) is 0 Å². The number of guanidine groups is 1. The van der Waals surface area contributed by atoms with Crippen LogP contribution in [0.4, 0.5) is 0 Å². The van der Waals surface area contributed by atoms with E-state index in [-0.39, 0.29) is 11.4 Å². The van der Waals surface area contributed by atoms with Gasteiger partial charge in [-0.25, -0.2) is 13.1 Å². The van der Waals surface area contributed by atoms with Gasteiger partial charge in [-0.1, -0.05) is 18.2 Å². The first-order chi connectivity index (χ1) is 11.6. The zero-order valence-corrected chi connectivity index (χ0v) is 15.2. The molecular weight excluding hydrogens is 328 g/mol. The molecule has 0 aliphatic heterocycles. The first-order valence-corrected chi connectivity index (χ1v) is 9.73. The lowest BCUT2D eigenvalue weighted by Gasteiger charge is -2.12. The summed E-state index contributed by atoms with van der Waals surface area (Å²) >= 11 is 0. The summed E-state index contributed by atoms with van der Waals surface area (Å²) in [4.78, 5) is 4.68. The van der Waals surface area contributed by atoms with E-state index in [0.717, 1.165) is 13.0 Å². The molecule has 1 aromatic rings. The number of aliphatic imine (C=N–C) groups is 1. The molecule has 0 atom stereocenters. The number of hydrogen-bond acceptors (Lipinski definition) is 4. The molecule has 1 rings (SSSR count). The molecule has 0 radical (unpaired) electrons. The summed E-state index contributed by atoms with van der Waals surface area (Å²) in [6.45, 7) is 7.48. The summed E-state index contributed by atoms with van der Waals surface area (Å²) in [5.74, 6) is 0.674. The normalized spacial score (nSPS) is 12.2. The molecule has 0 saturated carbocycles. The Morgan fingerprint density at radius 2 is 1.88 bits per heavy atom. The van der Waals surface area contributed by atoms with Crippen molar-refractivity contribution in [1.82, 2.24) is 15.4 Å². The molecule has 24 heavy (non-hydrogen) atoms. The smallest absolute Gasteiger partial charge is 0.240 e. The van der Waals surface area contributed by atoms with Crippen LogP contribution in [-0.2, 0) is 14.8 Å². The van der Waals surface area contributed by atoms with E-state index < -0.39 is 10.0 Å². The number of benzene rings is 1. The highest BCUT2D eigenvalue weighted by Crippen LogP contribution is 2.06. The van der Waals surface area contributed by atoms with E-state index in [4.69, 9.17) is 4.74 Å². The average molecular weight is 356 g/mol. The Balaban J connectivity index is 2.35. The quantitative estimate of drug-likeness (QED) is 0.312. The number of sulfonamides is 1. The maximum absolute atomic E-state index is 12.1. The predicted octanol–water partition coefficient (Wildman–Crippen LogP) is 0.947. The molecule has 0 amide bonds. The summed E-state index contributed by atoms with van der Waals surface area (Å²) in [7, 11) is -3.46. The second kappa shape index (κ2) is 11.8. The average Bonchev–Trinajstić information content (AvgIpc) is 2.59. The molecule has 0 aliphatic carbocycles. The molecule has 0 spiro atoms. The third-order valence-corrected chi connectivity index (χ3v) is 4.51. The van der Waals surface area contributed by atoms with Crippen molar-refractivity contribution in [1.29, 1.82) is 0 Å². The van der Waals surface area contributed by atoms with Gasteiger partial charge in [0.25, 0.3) is 0 Å². The molecular formula is C16H28N4O3S. The Labute approximate surface area is 145 Å². The highest BCUT2D eigenvalue weighted by molar-refractivity contribution is 7.89. The van der Waals surface area contributed by atoms with Gasteiger partial charge in [0, 0.05) is 39.4 Å². The van der Waals surface area contributed by atoms with Gasteiger partial charge >= 0.3 is 0 Å². The Morgan fingerprint density at radius 1 is 1.12 bits per heavy atom. The predicted molar refractivity (Wildman–Crippen MR) is 96.7 cm³/mol. The van der Waals surface area contributed by atoms with Gasteiger partial charge in [-0.2, -0.15) is 0 Å². The zero-order valence-electron chi connectivity index (χ0n) is 14.4. The SMILES string of the molecule is CCNC(=NCCCOCC)NCCNS(=O)(=O)c1ccccc1. The van der Waals surface area contributed by atoms with Crippen molar-refractivity contribution < 1.29 is 13.2 Å². The fourth-order valence-electron chi connectivity index (χ4n) is 1.89.